The number of nitrogens with zero attached hydrogens (tertiary/aromatic N) is 3. The van der Waals surface area contributed by atoms with Crippen molar-refractivity contribution in [1.29, 1.82) is 0 Å². The number of allylic oxidation sites excluding steroid dienone is 3. The van der Waals surface area contributed by atoms with Gasteiger partial charge >= 0.3 is 0 Å². The van der Waals surface area contributed by atoms with Crippen molar-refractivity contribution >= 4 is 17.4 Å². The molecule has 23 heavy (non-hydrogen) atoms. The van der Waals surface area contributed by atoms with Gasteiger partial charge in [0.2, 0.25) is 0 Å². The van der Waals surface area contributed by atoms with Gasteiger partial charge in [0.15, 0.2) is 5.78 Å². The van der Waals surface area contributed by atoms with E-state index in [9.17, 15) is 9.59 Å². The van der Waals surface area contributed by atoms with E-state index in [4.69, 9.17) is 4.74 Å². The number of aliphatic imine (C=N–C) groups is 1. The van der Waals surface area contributed by atoms with Crippen LogP contribution in [0.2, 0.25) is 0 Å². The summed E-state index contributed by atoms with van der Waals surface area (Å²) >= 11 is 0. The maximum Gasteiger partial charge on any atom is 0.259 e. The van der Waals surface area contributed by atoms with Crippen LogP contribution < -0.4 is 0 Å². The van der Waals surface area contributed by atoms with E-state index in [1.165, 1.54) is 6.20 Å². The predicted octanol–water partition coefficient (Wildman–Crippen LogP) is 0.774. The van der Waals surface area contributed by atoms with E-state index in [1.54, 1.807) is 23.1 Å². The number of rotatable bonds is 3. The minimum absolute atomic E-state index is 0.172. The summed E-state index contributed by atoms with van der Waals surface area (Å²) in [5.41, 5.74) is 0.832. The lowest BCUT2D eigenvalue weighted by molar-refractivity contribution is -0.131. The number of fused-ring (bicyclic) bond motifs is 1. The third-order valence-corrected chi connectivity index (χ3v) is 4.29. The SMILES string of the molecule is CCOC1=CC2C(=O)C(C(=O)N3CCN(C)CC3)=CN=C2C=C1. The summed E-state index contributed by atoms with van der Waals surface area (Å²) in [7, 11) is 2.03. The first-order valence-corrected chi connectivity index (χ1v) is 7.92. The summed E-state index contributed by atoms with van der Waals surface area (Å²) in [6.07, 6.45) is 6.74. The highest BCUT2D eigenvalue weighted by molar-refractivity contribution is 6.29. The normalized spacial score (nSPS) is 24.6. The Labute approximate surface area is 135 Å². The summed E-state index contributed by atoms with van der Waals surface area (Å²) in [6.45, 7) is 5.35. The Kier molecular flexibility index (Phi) is 4.43. The van der Waals surface area contributed by atoms with E-state index in [2.05, 4.69) is 9.89 Å². The molecule has 3 aliphatic rings. The first kappa shape index (κ1) is 15.7. The summed E-state index contributed by atoms with van der Waals surface area (Å²) in [5.74, 6) is -0.275. The van der Waals surface area contributed by atoms with Crippen molar-refractivity contribution in [1.82, 2.24) is 9.80 Å². The van der Waals surface area contributed by atoms with Gasteiger partial charge in [-0.15, -0.1) is 0 Å². The van der Waals surface area contributed by atoms with Gasteiger partial charge in [-0.05, 0) is 32.2 Å². The third-order valence-electron chi connectivity index (χ3n) is 4.29. The number of carbonyl (C=O) groups is 2. The van der Waals surface area contributed by atoms with Crippen molar-refractivity contribution in [3.63, 3.8) is 0 Å². The smallest absolute Gasteiger partial charge is 0.259 e. The van der Waals surface area contributed by atoms with Gasteiger partial charge in [0.05, 0.1) is 18.2 Å². The molecule has 0 radical (unpaired) electrons. The standard InChI is InChI=1S/C17H21N3O3/c1-3-23-12-4-5-15-13(10-12)16(21)14(11-18-15)17(22)20-8-6-19(2)7-9-20/h4-5,10-11,13H,3,6-9H2,1-2H3. The van der Waals surface area contributed by atoms with E-state index in [-0.39, 0.29) is 17.3 Å². The van der Waals surface area contributed by atoms with Crippen molar-refractivity contribution in [2.45, 2.75) is 6.92 Å². The molecule has 6 nitrogen and oxygen atoms in total. The molecule has 2 aliphatic heterocycles. The van der Waals surface area contributed by atoms with Crippen LogP contribution in [-0.2, 0) is 14.3 Å². The van der Waals surface area contributed by atoms with Crippen molar-refractivity contribution in [3.8, 4) is 0 Å². The van der Waals surface area contributed by atoms with Crippen LogP contribution in [0.5, 0.6) is 0 Å². The second-order valence-corrected chi connectivity index (χ2v) is 5.87. The van der Waals surface area contributed by atoms with Crippen molar-refractivity contribution in [2.24, 2.45) is 10.9 Å². The lowest BCUT2D eigenvalue weighted by Crippen LogP contribution is -2.49. The molecule has 1 atom stereocenters. The van der Waals surface area contributed by atoms with Crippen LogP contribution in [0.25, 0.3) is 0 Å². The van der Waals surface area contributed by atoms with Crippen LogP contribution in [0.1, 0.15) is 6.92 Å². The zero-order valence-electron chi connectivity index (χ0n) is 13.5. The Morgan fingerprint density at radius 3 is 2.74 bits per heavy atom. The molecule has 6 heteroatoms. The number of piperazine rings is 1. The van der Waals surface area contributed by atoms with Gasteiger partial charge in [-0.3, -0.25) is 14.6 Å². The lowest BCUT2D eigenvalue weighted by Gasteiger charge is -2.33. The van der Waals surface area contributed by atoms with Crippen molar-refractivity contribution in [2.75, 3.05) is 39.8 Å². The summed E-state index contributed by atoms with van der Waals surface area (Å²) in [4.78, 5) is 33.5. The molecule has 0 bridgehead atoms. The minimum atomic E-state index is -0.516. The number of hydrogen-bond donors (Lipinski definition) is 0. The zero-order chi connectivity index (χ0) is 16.4. The fourth-order valence-corrected chi connectivity index (χ4v) is 2.88. The van der Waals surface area contributed by atoms with Crippen LogP contribution >= 0.6 is 0 Å². The molecule has 1 fully saturated rings. The molecule has 0 aromatic heterocycles. The third kappa shape index (κ3) is 3.12. The molecule has 1 saturated heterocycles. The molecule has 0 saturated carbocycles. The molecule has 2 heterocycles. The second-order valence-electron chi connectivity index (χ2n) is 5.87. The van der Waals surface area contributed by atoms with Crippen molar-refractivity contribution < 1.29 is 14.3 Å². The Morgan fingerprint density at radius 2 is 2.04 bits per heavy atom. The summed E-state index contributed by atoms with van der Waals surface area (Å²) in [6, 6.07) is 0. The van der Waals surface area contributed by atoms with Gasteiger partial charge in [0.25, 0.3) is 5.91 Å². The summed E-state index contributed by atoms with van der Waals surface area (Å²) in [5, 5.41) is 0. The molecule has 0 aromatic carbocycles. The second kappa shape index (κ2) is 6.50. The highest BCUT2D eigenvalue weighted by Gasteiger charge is 2.35. The first-order valence-electron chi connectivity index (χ1n) is 7.92. The fourth-order valence-electron chi connectivity index (χ4n) is 2.88. The number of likely N-dealkylation sites (N-methyl/N-ethyl adjacent to an activating group) is 1. The predicted molar refractivity (Wildman–Crippen MR) is 86.9 cm³/mol. The van der Waals surface area contributed by atoms with Gasteiger partial charge in [0.1, 0.15) is 11.3 Å². The van der Waals surface area contributed by atoms with Crippen LogP contribution in [0.3, 0.4) is 0 Å². The molecule has 0 aromatic rings. The molecule has 1 unspecified atom stereocenters. The number of carbonyl (C=O) groups excluding carboxylic acids is 2. The summed E-state index contributed by atoms with van der Waals surface area (Å²) < 4.78 is 5.45. The quantitative estimate of drug-likeness (QED) is 0.722. The average molecular weight is 315 g/mol. The van der Waals surface area contributed by atoms with Crippen LogP contribution in [0, 0.1) is 5.92 Å². The first-order chi connectivity index (χ1) is 11.1. The molecular weight excluding hydrogens is 294 g/mol. The Balaban J connectivity index is 1.78. The average Bonchev–Trinajstić information content (AvgIpc) is 2.56. The van der Waals surface area contributed by atoms with E-state index in [0.29, 0.717) is 31.2 Å². The Bertz CT molecular complexity index is 637. The zero-order valence-corrected chi connectivity index (χ0v) is 13.5. The number of amides is 1. The van der Waals surface area contributed by atoms with E-state index in [1.807, 2.05) is 14.0 Å². The monoisotopic (exact) mass is 315 g/mol. The highest BCUT2D eigenvalue weighted by Crippen LogP contribution is 2.25. The van der Waals surface area contributed by atoms with Gasteiger partial charge in [-0.1, -0.05) is 0 Å². The van der Waals surface area contributed by atoms with Crippen LogP contribution in [0.4, 0.5) is 0 Å². The van der Waals surface area contributed by atoms with Gasteiger partial charge in [-0.2, -0.15) is 0 Å². The molecule has 3 rings (SSSR count). The molecule has 0 spiro atoms. The van der Waals surface area contributed by atoms with E-state index < -0.39 is 5.92 Å². The molecule has 0 N–H and O–H groups in total. The number of ether oxygens (including phenoxy) is 1. The number of Topliss-reactive ketones (excluding diaryl/α,β-unsaturated/α-hetero) is 1. The van der Waals surface area contributed by atoms with Gasteiger partial charge in [0, 0.05) is 32.4 Å². The largest absolute Gasteiger partial charge is 0.494 e. The minimum Gasteiger partial charge on any atom is -0.494 e. The van der Waals surface area contributed by atoms with Crippen LogP contribution in [0.15, 0.2) is 40.8 Å². The Morgan fingerprint density at radius 1 is 1.30 bits per heavy atom. The molecule has 1 aliphatic carbocycles. The van der Waals surface area contributed by atoms with E-state index in [0.717, 1.165) is 13.1 Å². The molecule has 1 amide bonds. The van der Waals surface area contributed by atoms with Gasteiger partial charge in [-0.25, -0.2) is 0 Å². The van der Waals surface area contributed by atoms with Crippen molar-refractivity contribution in [3.05, 3.63) is 35.8 Å². The van der Waals surface area contributed by atoms with Gasteiger partial charge < -0.3 is 14.5 Å². The maximum atomic E-state index is 12.7. The van der Waals surface area contributed by atoms with Crippen LogP contribution in [-0.4, -0.2) is 67.0 Å². The Hall–Kier alpha value is -2.21. The number of hydrogen-bond acceptors (Lipinski definition) is 5. The lowest BCUT2D eigenvalue weighted by atomic mass is 9.87. The topological polar surface area (TPSA) is 62.2 Å². The van der Waals surface area contributed by atoms with E-state index >= 15 is 0 Å². The number of ketones is 1. The fraction of sp³-hybridized carbons (Fsp3) is 0.471. The highest BCUT2D eigenvalue weighted by atomic mass is 16.5. The molecular formula is C17H21N3O3. The maximum absolute atomic E-state index is 12.7. The molecule has 122 valence electrons.